The highest BCUT2D eigenvalue weighted by Crippen LogP contribution is 2.20. The summed E-state index contributed by atoms with van der Waals surface area (Å²) in [5, 5.41) is 3.34. The largest absolute Gasteiger partial charge is 0.360 e. The number of nitrogens with one attached hydrogen (secondary N) is 1. The molecular weight excluding hydrogens is 126 g/mol. The fraction of sp³-hybridized carbons (Fsp3) is 1.00. The zero-order valence-corrected chi connectivity index (χ0v) is 7.11. The summed E-state index contributed by atoms with van der Waals surface area (Å²) in [6.07, 6.45) is 1.10. The third-order valence-corrected chi connectivity index (χ3v) is 1.82. The van der Waals surface area contributed by atoms with E-state index in [-0.39, 0.29) is 5.72 Å². The molecule has 60 valence electrons. The summed E-state index contributed by atoms with van der Waals surface area (Å²) in [6, 6.07) is 0. The van der Waals surface area contributed by atoms with Gasteiger partial charge in [-0.25, -0.2) is 0 Å². The van der Waals surface area contributed by atoms with Crippen molar-refractivity contribution in [3.8, 4) is 0 Å². The quantitative estimate of drug-likeness (QED) is 0.630. The highest BCUT2D eigenvalue weighted by molar-refractivity contribution is 4.78. The number of ether oxygens (including phenoxy) is 1. The van der Waals surface area contributed by atoms with E-state index in [0.717, 1.165) is 19.6 Å². The van der Waals surface area contributed by atoms with Gasteiger partial charge >= 0.3 is 0 Å². The molecule has 0 bridgehead atoms. The number of hydrogen-bond donors (Lipinski definition) is 1. The number of rotatable bonds is 2. The van der Waals surface area contributed by atoms with Gasteiger partial charge < -0.3 is 4.74 Å². The molecule has 0 saturated carbocycles. The zero-order valence-electron chi connectivity index (χ0n) is 7.11. The molecule has 0 radical (unpaired) electrons. The molecule has 2 nitrogen and oxygen atoms in total. The molecule has 1 heterocycles. The van der Waals surface area contributed by atoms with E-state index in [4.69, 9.17) is 4.74 Å². The average Bonchev–Trinajstić information content (AvgIpc) is 2.12. The molecule has 0 amide bonds. The molecule has 1 aliphatic rings. The van der Waals surface area contributed by atoms with Crippen LogP contribution >= 0.6 is 0 Å². The summed E-state index contributed by atoms with van der Waals surface area (Å²) in [5.41, 5.74) is -0.0336. The van der Waals surface area contributed by atoms with Gasteiger partial charge in [0.1, 0.15) is 5.72 Å². The lowest BCUT2D eigenvalue weighted by molar-refractivity contribution is -0.00991. The lowest BCUT2D eigenvalue weighted by atomic mass is 10.0. The van der Waals surface area contributed by atoms with Crippen molar-refractivity contribution >= 4 is 0 Å². The Bertz CT molecular complexity index is 106. The zero-order chi connectivity index (χ0) is 7.61. The molecular formula is C8H17NO. The van der Waals surface area contributed by atoms with Crippen LogP contribution in [0.5, 0.6) is 0 Å². The van der Waals surface area contributed by atoms with E-state index in [0.29, 0.717) is 5.92 Å². The van der Waals surface area contributed by atoms with E-state index in [1.807, 2.05) is 0 Å². The van der Waals surface area contributed by atoms with E-state index >= 15 is 0 Å². The Morgan fingerprint density at radius 1 is 1.60 bits per heavy atom. The second kappa shape index (κ2) is 2.89. The van der Waals surface area contributed by atoms with Crippen molar-refractivity contribution < 1.29 is 4.74 Å². The standard InChI is InChI=1S/C8H17NO/c1-7(2)6-8(3)9-4-5-10-8/h7,9H,4-6H2,1-3H3. The Hall–Kier alpha value is -0.0800. The molecule has 1 N–H and O–H groups in total. The summed E-state index contributed by atoms with van der Waals surface area (Å²) in [4.78, 5) is 0. The third kappa shape index (κ3) is 1.96. The Morgan fingerprint density at radius 2 is 2.30 bits per heavy atom. The minimum Gasteiger partial charge on any atom is -0.360 e. The van der Waals surface area contributed by atoms with Gasteiger partial charge in [-0.3, -0.25) is 5.32 Å². The highest BCUT2D eigenvalue weighted by atomic mass is 16.5. The SMILES string of the molecule is CC(C)CC1(C)NCCO1. The van der Waals surface area contributed by atoms with E-state index in [1.54, 1.807) is 0 Å². The van der Waals surface area contributed by atoms with Crippen LogP contribution in [0.1, 0.15) is 27.2 Å². The molecule has 0 aromatic heterocycles. The van der Waals surface area contributed by atoms with Gasteiger partial charge in [-0.05, 0) is 19.3 Å². The average molecular weight is 143 g/mol. The van der Waals surface area contributed by atoms with Crippen molar-refractivity contribution in [3.05, 3.63) is 0 Å². The molecule has 2 heteroatoms. The molecule has 0 aromatic rings. The van der Waals surface area contributed by atoms with Gasteiger partial charge in [-0.15, -0.1) is 0 Å². The molecule has 1 atom stereocenters. The molecule has 1 unspecified atom stereocenters. The lowest BCUT2D eigenvalue weighted by Gasteiger charge is -2.25. The van der Waals surface area contributed by atoms with Crippen molar-refractivity contribution in [2.75, 3.05) is 13.2 Å². The van der Waals surface area contributed by atoms with Crippen LogP contribution in [0.25, 0.3) is 0 Å². The van der Waals surface area contributed by atoms with Crippen LogP contribution in [-0.4, -0.2) is 18.9 Å². The van der Waals surface area contributed by atoms with E-state index in [9.17, 15) is 0 Å². The van der Waals surface area contributed by atoms with Crippen LogP contribution in [0.15, 0.2) is 0 Å². The van der Waals surface area contributed by atoms with Gasteiger partial charge in [0, 0.05) is 6.54 Å². The van der Waals surface area contributed by atoms with Crippen molar-refractivity contribution in [2.24, 2.45) is 5.92 Å². The molecule has 1 rings (SSSR count). The topological polar surface area (TPSA) is 21.3 Å². The summed E-state index contributed by atoms with van der Waals surface area (Å²) in [6.45, 7) is 8.43. The molecule has 10 heavy (non-hydrogen) atoms. The van der Waals surface area contributed by atoms with E-state index < -0.39 is 0 Å². The maximum Gasteiger partial charge on any atom is 0.116 e. The maximum atomic E-state index is 5.54. The summed E-state index contributed by atoms with van der Waals surface area (Å²) < 4.78 is 5.54. The minimum absolute atomic E-state index is 0.0336. The Labute approximate surface area is 63.0 Å². The van der Waals surface area contributed by atoms with Crippen molar-refractivity contribution in [3.63, 3.8) is 0 Å². The lowest BCUT2D eigenvalue weighted by Crippen LogP contribution is -2.38. The van der Waals surface area contributed by atoms with E-state index in [2.05, 4.69) is 26.1 Å². The Morgan fingerprint density at radius 3 is 2.70 bits per heavy atom. The number of hydrogen-bond acceptors (Lipinski definition) is 2. The second-order valence-electron chi connectivity index (χ2n) is 3.60. The second-order valence-corrected chi connectivity index (χ2v) is 3.60. The fourth-order valence-corrected chi connectivity index (χ4v) is 1.55. The van der Waals surface area contributed by atoms with Gasteiger partial charge in [0.25, 0.3) is 0 Å². The summed E-state index contributed by atoms with van der Waals surface area (Å²) in [5.74, 6) is 0.704. The van der Waals surface area contributed by atoms with Crippen molar-refractivity contribution in [1.82, 2.24) is 5.32 Å². The van der Waals surface area contributed by atoms with Crippen LogP contribution in [-0.2, 0) is 4.74 Å². The summed E-state index contributed by atoms with van der Waals surface area (Å²) >= 11 is 0. The predicted molar refractivity (Wildman–Crippen MR) is 41.8 cm³/mol. The molecule has 1 aliphatic heterocycles. The first-order valence-electron chi connectivity index (χ1n) is 4.01. The van der Waals surface area contributed by atoms with Gasteiger partial charge in [0.05, 0.1) is 6.61 Å². The predicted octanol–water partition coefficient (Wildman–Crippen LogP) is 1.37. The maximum absolute atomic E-state index is 5.54. The first kappa shape index (κ1) is 8.02. The normalized spacial score (nSPS) is 33.6. The fourth-order valence-electron chi connectivity index (χ4n) is 1.55. The van der Waals surface area contributed by atoms with Crippen LogP contribution in [0.2, 0.25) is 0 Å². The van der Waals surface area contributed by atoms with Gasteiger partial charge in [0.15, 0.2) is 0 Å². The third-order valence-electron chi connectivity index (χ3n) is 1.82. The minimum atomic E-state index is -0.0336. The van der Waals surface area contributed by atoms with Crippen LogP contribution < -0.4 is 5.32 Å². The first-order chi connectivity index (χ1) is 4.62. The van der Waals surface area contributed by atoms with E-state index in [1.165, 1.54) is 0 Å². The van der Waals surface area contributed by atoms with Crippen LogP contribution in [0.3, 0.4) is 0 Å². The van der Waals surface area contributed by atoms with Gasteiger partial charge in [-0.1, -0.05) is 13.8 Å². The Balaban J connectivity index is 2.36. The molecule has 1 fully saturated rings. The highest BCUT2D eigenvalue weighted by Gasteiger charge is 2.29. The molecule has 0 aromatic carbocycles. The smallest absolute Gasteiger partial charge is 0.116 e. The van der Waals surface area contributed by atoms with Crippen molar-refractivity contribution in [1.29, 1.82) is 0 Å². The van der Waals surface area contributed by atoms with Crippen molar-refractivity contribution in [2.45, 2.75) is 32.9 Å². The van der Waals surface area contributed by atoms with Gasteiger partial charge in [-0.2, -0.15) is 0 Å². The van der Waals surface area contributed by atoms with Gasteiger partial charge in [0.2, 0.25) is 0 Å². The summed E-state index contributed by atoms with van der Waals surface area (Å²) in [7, 11) is 0. The molecule has 1 saturated heterocycles. The van der Waals surface area contributed by atoms with Crippen LogP contribution in [0.4, 0.5) is 0 Å². The molecule has 0 spiro atoms. The first-order valence-corrected chi connectivity index (χ1v) is 4.01. The molecule has 0 aliphatic carbocycles. The monoisotopic (exact) mass is 143 g/mol. The Kier molecular flexibility index (Phi) is 2.32. The van der Waals surface area contributed by atoms with Crippen LogP contribution in [0, 0.1) is 5.92 Å².